The van der Waals surface area contributed by atoms with Crippen LogP contribution in [0, 0.1) is 0 Å². The highest BCUT2D eigenvalue weighted by atomic mass is 19.4. The zero-order chi connectivity index (χ0) is 12.3. The van der Waals surface area contributed by atoms with Crippen LogP contribution in [0.1, 0.15) is 12.0 Å². The molecule has 0 saturated heterocycles. The first kappa shape index (κ1) is 11.6. The second-order valence-electron chi connectivity index (χ2n) is 3.61. The molecule has 1 aliphatic heterocycles. The van der Waals surface area contributed by atoms with Gasteiger partial charge in [0.1, 0.15) is 0 Å². The Morgan fingerprint density at radius 1 is 1.12 bits per heavy atom. The number of aldehydes is 1. The fraction of sp³-hybridized carbons (Fsp3) is 0.154. The SMILES string of the molecule is FC(F)(F)CC(=C1C=CC=[O+]1)c1ccccc1. The number of hydrogen-bond acceptors (Lipinski definition) is 0. The molecule has 1 heterocycles. The molecule has 0 N–H and O–H groups in total. The van der Waals surface area contributed by atoms with Crippen molar-refractivity contribution in [2.75, 3.05) is 0 Å². The van der Waals surface area contributed by atoms with Gasteiger partial charge in [-0.05, 0) is 5.56 Å². The first-order valence-electron chi connectivity index (χ1n) is 5.08. The molecule has 0 unspecified atom stereocenters. The molecule has 88 valence electrons. The van der Waals surface area contributed by atoms with E-state index in [1.54, 1.807) is 36.4 Å². The minimum Gasteiger partial charge on any atom is -0.216 e. The Hall–Kier alpha value is -1.84. The third kappa shape index (κ3) is 3.06. The van der Waals surface area contributed by atoms with Gasteiger partial charge in [0.2, 0.25) is 0 Å². The Kier molecular flexibility index (Phi) is 3.13. The van der Waals surface area contributed by atoms with Gasteiger partial charge >= 0.3 is 18.2 Å². The van der Waals surface area contributed by atoms with Gasteiger partial charge in [-0.3, -0.25) is 0 Å². The summed E-state index contributed by atoms with van der Waals surface area (Å²) in [5.41, 5.74) is 0.683. The van der Waals surface area contributed by atoms with Crippen molar-refractivity contribution >= 4 is 11.9 Å². The smallest absolute Gasteiger partial charge is 0.216 e. The van der Waals surface area contributed by atoms with E-state index in [0.717, 1.165) is 0 Å². The van der Waals surface area contributed by atoms with Crippen LogP contribution < -0.4 is 0 Å². The van der Waals surface area contributed by atoms with Gasteiger partial charge in [0.15, 0.2) is 0 Å². The maximum absolute atomic E-state index is 12.5. The topological polar surface area (TPSA) is 11.3 Å². The Balaban J connectivity index is 2.43. The number of benzene rings is 1. The summed E-state index contributed by atoms with van der Waals surface area (Å²) in [5, 5.41) is 0. The molecular formula is C13H10F3O+. The predicted molar refractivity (Wildman–Crippen MR) is 59.2 cm³/mol. The van der Waals surface area contributed by atoms with Gasteiger partial charge in [-0.1, -0.05) is 30.3 Å². The van der Waals surface area contributed by atoms with Crippen LogP contribution in [0.4, 0.5) is 13.2 Å². The molecule has 0 radical (unpaired) electrons. The Labute approximate surface area is 96.6 Å². The maximum atomic E-state index is 12.5. The van der Waals surface area contributed by atoms with Crippen molar-refractivity contribution < 1.29 is 17.6 Å². The maximum Gasteiger partial charge on any atom is 0.393 e. The number of carbonyl (C=O) groups excluding carboxylic acids is 1. The average Bonchev–Trinajstić information content (AvgIpc) is 2.79. The van der Waals surface area contributed by atoms with Crippen molar-refractivity contribution in [2.24, 2.45) is 0 Å². The molecule has 1 aliphatic rings. The van der Waals surface area contributed by atoms with Gasteiger partial charge in [-0.2, -0.15) is 13.2 Å². The van der Waals surface area contributed by atoms with Gasteiger partial charge < -0.3 is 0 Å². The van der Waals surface area contributed by atoms with Gasteiger partial charge in [0.05, 0.1) is 18.1 Å². The number of hydrogen-bond donors (Lipinski definition) is 0. The van der Waals surface area contributed by atoms with Gasteiger partial charge in [-0.15, -0.1) is 0 Å². The minimum absolute atomic E-state index is 0.156. The molecule has 0 spiro atoms. The second-order valence-corrected chi connectivity index (χ2v) is 3.61. The van der Waals surface area contributed by atoms with E-state index in [0.29, 0.717) is 5.56 Å². The first-order chi connectivity index (χ1) is 8.06. The van der Waals surface area contributed by atoms with E-state index in [-0.39, 0.29) is 11.3 Å². The fourth-order valence-corrected chi connectivity index (χ4v) is 1.62. The molecular weight excluding hydrogens is 229 g/mol. The largest absolute Gasteiger partial charge is 0.393 e. The van der Waals surface area contributed by atoms with Crippen LogP contribution >= 0.6 is 0 Å². The predicted octanol–water partition coefficient (Wildman–Crippen LogP) is 3.65. The van der Waals surface area contributed by atoms with Crippen LogP contribution in [-0.4, -0.2) is 12.5 Å². The van der Waals surface area contributed by atoms with E-state index in [1.807, 2.05) is 0 Å². The van der Waals surface area contributed by atoms with Crippen LogP contribution in [0.2, 0.25) is 0 Å². The standard InChI is InChI=1S/C13H10F3O/c14-13(15,16)9-11(12-7-4-8-17-12)10-5-2-1-3-6-10/h1-8H,9H2/q+1. The normalized spacial score (nSPS) is 17.6. The first-order valence-corrected chi connectivity index (χ1v) is 5.08. The zero-order valence-corrected chi connectivity index (χ0v) is 8.87. The summed E-state index contributed by atoms with van der Waals surface area (Å²) < 4.78 is 42.6. The number of alkyl halides is 3. The summed E-state index contributed by atoms with van der Waals surface area (Å²) in [5.74, 6) is 0.258. The third-order valence-electron chi connectivity index (χ3n) is 2.32. The van der Waals surface area contributed by atoms with E-state index in [1.165, 1.54) is 12.4 Å². The van der Waals surface area contributed by atoms with Crippen molar-refractivity contribution in [3.05, 3.63) is 53.8 Å². The Morgan fingerprint density at radius 2 is 1.82 bits per heavy atom. The van der Waals surface area contributed by atoms with E-state index < -0.39 is 12.6 Å². The summed E-state index contributed by atoms with van der Waals surface area (Å²) in [7, 11) is 0. The molecule has 17 heavy (non-hydrogen) atoms. The Morgan fingerprint density at radius 3 is 2.35 bits per heavy atom. The minimum atomic E-state index is -4.25. The molecule has 0 amide bonds. The molecule has 0 saturated carbocycles. The third-order valence-corrected chi connectivity index (χ3v) is 2.32. The van der Waals surface area contributed by atoms with Crippen LogP contribution in [-0.2, 0) is 4.42 Å². The number of allylic oxidation sites excluding steroid dienone is 3. The highest BCUT2D eigenvalue weighted by molar-refractivity contribution is 5.76. The summed E-state index contributed by atoms with van der Waals surface area (Å²) in [4.78, 5) is 0. The molecule has 0 aliphatic carbocycles. The zero-order valence-electron chi connectivity index (χ0n) is 8.87. The molecule has 1 aromatic rings. The van der Waals surface area contributed by atoms with E-state index in [9.17, 15) is 13.2 Å². The summed E-state index contributed by atoms with van der Waals surface area (Å²) in [6, 6.07) is 8.45. The van der Waals surface area contributed by atoms with Crippen molar-refractivity contribution in [1.82, 2.24) is 0 Å². The quantitative estimate of drug-likeness (QED) is 0.551. The summed E-state index contributed by atoms with van der Waals surface area (Å²) in [6.07, 6.45) is -0.764. The molecule has 1 nitrogen and oxygen atoms in total. The van der Waals surface area contributed by atoms with E-state index in [2.05, 4.69) is 0 Å². The number of halogens is 3. The molecule has 4 heteroatoms. The molecule has 0 atom stereocenters. The van der Waals surface area contributed by atoms with Crippen LogP contribution in [0.25, 0.3) is 5.57 Å². The lowest BCUT2D eigenvalue weighted by atomic mass is 10.0. The number of rotatable bonds is 2. The van der Waals surface area contributed by atoms with E-state index >= 15 is 0 Å². The monoisotopic (exact) mass is 239 g/mol. The molecule has 2 rings (SSSR count). The van der Waals surface area contributed by atoms with Gasteiger partial charge in [0.25, 0.3) is 0 Å². The molecule has 0 aromatic heterocycles. The second kappa shape index (κ2) is 4.57. The lowest BCUT2D eigenvalue weighted by Crippen LogP contribution is -2.09. The highest BCUT2D eigenvalue weighted by Crippen LogP contribution is 2.33. The van der Waals surface area contributed by atoms with Crippen molar-refractivity contribution in [3.63, 3.8) is 0 Å². The average molecular weight is 239 g/mol. The highest BCUT2D eigenvalue weighted by Gasteiger charge is 2.33. The molecule has 0 bridgehead atoms. The van der Waals surface area contributed by atoms with Crippen molar-refractivity contribution in [3.8, 4) is 0 Å². The van der Waals surface area contributed by atoms with Crippen molar-refractivity contribution in [2.45, 2.75) is 12.6 Å². The summed E-state index contributed by atoms with van der Waals surface area (Å²) in [6.45, 7) is 0. The van der Waals surface area contributed by atoms with Gasteiger partial charge in [0, 0.05) is 6.08 Å². The summed E-state index contributed by atoms with van der Waals surface area (Å²) >= 11 is 0. The van der Waals surface area contributed by atoms with Crippen LogP contribution in [0.15, 0.2) is 48.2 Å². The van der Waals surface area contributed by atoms with Gasteiger partial charge in [-0.25, -0.2) is 4.42 Å². The Bertz CT molecular complexity index is 467. The fourth-order valence-electron chi connectivity index (χ4n) is 1.62. The molecule has 1 aromatic carbocycles. The van der Waals surface area contributed by atoms with Crippen molar-refractivity contribution in [1.29, 1.82) is 0 Å². The lowest BCUT2D eigenvalue weighted by molar-refractivity contribution is -0.379. The van der Waals surface area contributed by atoms with Crippen LogP contribution in [0.3, 0.4) is 0 Å². The van der Waals surface area contributed by atoms with E-state index in [4.69, 9.17) is 4.42 Å². The van der Waals surface area contributed by atoms with Crippen LogP contribution in [0.5, 0.6) is 0 Å². The lowest BCUT2D eigenvalue weighted by Gasteiger charge is -2.08. The molecule has 0 fully saturated rings.